The van der Waals surface area contributed by atoms with Crippen molar-refractivity contribution in [3.8, 4) is 0 Å². The number of halogens is 3. The number of hydrogen-bond donors (Lipinski definition) is 2. The first-order valence-electron chi connectivity index (χ1n) is 5.70. The summed E-state index contributed by atoms with van der Waals surface area (Å²) in [5, 5.41) is 7.32. The van der Waals surface area contributed by atoms with Crippen molar-refractivity contribution in [1.82, 2.24) is 10.6 Å². The van der Waals surface area contributed by atoms with E-state index in [1.807, 2.05) is 0 Å². The molecule has 98 valence electrons. The Bertz CT molecular complexity index is 461. The highest BCUT2D eigenvalue weighted by molar-refractivity contribution is 6.44. The zero-order valence-corrected chi connectivity index (χ0v) is 11.9. The third kappa shape index (κ3) is 3.75. The highest BCUT2D eigenvalue weighted by Gasteiger charge is 2.22. The molecule has 0 radical (unpaired) electrons. The maximum atomic E-state index is 11.5. The summed E-state index contributed by atoms with van der Waals surface area (Å²) >= 11 is 18.0. The lowest BCUT2D eigenvalue weighted by atomic mass is 10.2. The van der Waals surface area contributed by atoms with Crippen LogP contribution in [0.2, 0.25) is 15.1 Å². The topological polar surface area (TPSA) is 41.1 Å². The van der Waals surface area contributed by atoms with Crippen molar-refractivity contribution in [3.05, 3.63) is 32.8 Å². The molecule has 3 nitrogen and oxygen atoms in total. The van der Waals surface area contributed by atoms with Gasteiger partial charge in [0.05, 0.1) is 16.6 Å². The van der Waals surface area contributed by atoms with E-state index < -0.39 is 0 Å². The lowest BCUT2D eigenvalue weighted by molar-refractivity contribution is -0.120. The molecule has 1 aliphatic rings. The summed E-state index contributed by atoms with van der Waals surface area (Å²) in [6.45, 7) is 0.659. The summed E-state index contributed by atoms with van der Waals surface area (Å²) in [6.07, 6.45) is 2.16. The number of carbonyl (C=O) groups is 1. The van der Waals surface area contributed by atoms with Gasteiger partial charge in [0, 0.05) is 23.2 Å². The molecular weight excluding hydrogens is 295 g/mol. The third-order valence-corrected chi connectivity index (χ3v) is 3.87. The average Bonchev–Trinajstić information content (AvgIpc) is 3.12. The Morgan fingerprint density at radius 2 is 1.89 bits per heavy atom. The molecule has 0 atom stereocenters. The van der Waals surface area contributed by atoms with Gasteiger partial charge in [-0.1, -0.05) is 34.8 Å². The number of amides is 1. The van der Waals surface area contributed by atoms with Gasteiger partial charge in [0.2, 0.25) is 5.91 Å². The molecule has 18 heavy (non-hydrogen) atoms. The normalized spacial score (nSPS) is 14.6. The van der Waals surface area contributed by atoms with Crippen LogP contribution >= 0.6 is 34.8 Å². The Balaban J connectivity index is 1.85. The van der Waals surface area contributed by atoms with E-state index in [4.69, 9.17) is 34.8 Å². The van der Waals surface area contributed by atoms with Crippen molar-refractivity contribution >= 4 is 40.7 Å². The minimum atomic E-state index is -0.00762. The van der Waals surface area contributed by atoms with E-state index in [-0.39, 0.29) is 12.5 Å². The number of benzene rings is 1. The van der Waals surface area contributed by atoms with E-state index in [0.29, 0.717) is 33.2 Å². The smallest absolute Gasteiger partial charge is 0.234 e. The van der Waals surface area contributed by atoms with E-state index in [1.165, 1.54) is 0 Å². The summed E-state index contributed by atoms with van der Waals surface area (Å²) in [4.78, 5) is 11.5. The van der Waals surface area contributed by atoms with Crippen LogP contribution in [0.15, 0.2) is 12.1 Å². The van der Waals surface area contributed by atoms with Crippen molar-refractivity contribution < 1.29 is 4.79 Å². The maximum absolute atomic E-state index is 11.5. The van der Waals surface area contributed by atoms with Crippen molar-refractivity contribution in [2.45, 2.75) is 25.4 Å². The van der Waals surface area contributed by atoms with E-state index in [0.717, 1.165) is 12.8 Å². The summed E-state index contributed by atoms with van der Waals surface area (Å²) in [6, 6.07) is 3.71. The molecule has 1 saturated carbocycles. The largest absolute Gasteiger partial charge is 0.352 e. The average molecular weight is 308 g/mol. The van der Waals surface area contributed by atoms with Gasteiger partial charge in [-0.3, -0.25) is 4.79 Å². The van der Waals surface area contributed by atoms with Crippen molar-refractivity contribution in [3.63, 3.8) is 0 Å². The number of carbonyl (C=O) groups excluding carboxylic acids is 1. The van der Waals surface area contributed by atoms with E-state index in [9.17, 15) is 4.79 Å². The fourth-order valence-electron chi connectivity index (χ4n) is 1.54. The Hall–Kier alpha value is -0.480. The maximum Gasteiger partial charge on any atom is 0.234 e. The summed E-state index contributed by atoms with van der Waals surface area (Å²) in [5.74, 6) is -0.00762. The quantitative estimate of drug-likeness (QED) is 0.821. The lowest BCUT2D eigenvalue weighted by Gasteiger charge is -2.10. The minimum Gasteiger partial charge on any atom is -0.352 e. The Morgan fingerprint density at radius 3 is 2.56 bits per heavy atom. The van der Waals surface area contributed by atoms with Crippen LogP contribution in [0.5, 0.6) is 0 Å². The Labute approximate surface area is 121 Å². The number of nitrogens with one attached hydrogen (secondary N) is 2. The molecule has 1 aromatic carbocycles. The number of rotatable bonds is 5. The molecule has 0 aromatic heterocycles. The van der Waals surface area contributed by atoms with Gasteiger partial charge in [0.25, 0.3) is 0 Å². The van der Waals surface area contributed by atoms with Crippen molar-refractivity contribution in [1.29, 1.82) is 0 Å². The van der Waals surface area contributed by atoms with Crippen molar-refractivity contribution in [2.75, 3.05) is 6.54 Å². The summed E-state index contributed by atoms with van der Waals surface area (Å²) < 4.78 is 0. The second-order valence-corrected chi connectivity index (χ2v) is 5.46. The predicted octanol–water partition coefficient (Wildman–Crippen LogP) is 3.02. The number of hydrogen-bond acceptors (Lipinski definition) is 2. The molecule has 0 saturated heterocycles. The van der Waals surface area contributed by atoms with Crippen LogP contribution in [0.1, 0.15) is 18.4 Å². The van der Waals surface area contributed by atoms with Crippen LogP contribution in [-0.4, -0.2) is 18.5 Å². The van der Waals surface area contributed by atoms with Gasteiger partial charge < -0.3 is 10.6 Å². The second-order valence-electron chi connectivity index (χ2n) is 4.27. The van der Waals surface area contributed by atoms with Gasteiger partial charge in [-0.25, -0.2) is 0 Å². The molecular formula is C12H13Cl3N2O. The monoisotopic (exact) mass is 306 g/mol. The fraction of sp³-hybridized carbons (Fsp3) is 0.417. The van der Waals surface area contributed by atoms with Gasteiger partial charge in [0.15, 0.2) is 0 Å². The first kappa shape index (κ1) is 13.9. The Morgan fingerprint density at radius 1 is 1.22 bits per heavy atom. The predicted molar refractivity (Wildman–Crippen MR) is 74.3 cm³/mol. The summed E-state index contributed by atoms with van der Waals surface area (Å²) in [7, 11) is 0. The molecule has 6 heteroatoms. The van der Waals surface area contributed by atoms with E-state index in [1.54, 1.807) is 12.1 Å². The van der Waals surface area contributed by atoms with Gasteiger partial charge in [-0.15, -0.1) is 0 Å². The van der Waals surface area contributed by atoms with E-state index >= 15 is 0 Å². The van der Waals surface area contributed by atoms with E-state index in [2.05, 4.69) is 10.6 Å². The minimum absolute atomic E-state index is 0.00762. The second kappa shape index (κ2) is 6.11. The molecule has 2 rings (SSSR count). The molecule has 1 aromatic rings. The lowest BCUT2D eigenvalue weighted by Crippen LogP contribution is -2.34. The van der Waals surface area contributed by atoms with Gasteiger partial charge in [0.1, 0.15) is 0 Å². The molecule has 2 N–H and O–H groups in total. The molecule has 0 spiro atoms. The van der Waals surface area contributed by atoms with Crippen molar-refractivity contribution in [2.24, 2.45) is 0 Å². The molecule has 0 aliphatic heterocycles. The molecule has 0 heterocycles. The van der Waals surface area contributed by atoms with Crippen LogP contribution in [0.3, 0.4) is 0 Å². The SMILES string of the molecule is O=C(CNCc1c(Cl)ccc(Cl)c1Cl)NC1CC1. The molecule has 0 bridgehead atoms. The summed E-state index contributed by atoms with van der Waals surface area (Å²) in [5.41, 5.74) is 0.713. The molecule has 1 amide bonds. The van der Waals surface area contributed by atoms with Crippen LogP contribution in [-0.2, 0) is 11.3 Å². The van der Waals surface area contributed by atoms with Crippen LogP contribution in [0.4, 0.5) is 0 Å². The Kier molecular flexibility index (Phi) is 4.73. The van der Waals surface area contributed by atoms with Gasteiger partial charge >= 0.3 is 0 Å². The first-order chi connectivity index (χ1) is 8.58. The zero-order chi connectivity index (χ0) is 13.1. The van der Waals surface area contributed by atoms with Crippen LogP contribution < -0.4 is 10.6 Å². The fourth-order valence-corrected chi connectivity index (χ4v) is 2.22. The standard InChI is InChI=1S/C12H13Cl3N2O/c13-9-3-4-10(14)12(15)8(9)5-16-6-11(18)17-7-1-2-7/h3-4,7,16H,1-2,5-6H2,(H,17,18). The first-order valence-corrected chi connectivity index (χ1v) is 6.84. The van der Waals surface area contributed by atoms with Gasteiger partial charge in [-0.2, -0.15) is 0 Å². The molecule has 1 fully saturated rings. The van der Waals surface area contributed by atoms with Crippen LogP contribution in [0, 0.1) is 0 Å². The van der Waals surface area contributed by atoms with Gasteiger partial charge in [-0.05, 0) is 25.0 Å². The zero-order valence-electron chi connectivity index (χ0n) is 9.60. The third-order valence-electron chi connectivity index (χ3n) is 2.67. The molecule has 0 unspecified atom stereocenters. The highest BCUT2D eigenvalue weighted by atomic mass is 35.5. The van der Waals surface area contributed by atoms with Crippen LogP contribution in [0.25, 0.3) is 0 Å². The molecule has 1 aliphatic carbocycles. The highest BCUT2D eigenvalue weighted by Crippen LogP contribution is 2.31.